The Morgan fingerprint density at radius 1 is 1.65 bits per heavy atom. The molecule has 2 rings (SSSR count). The average Bonchev–Trinajstić information content (AvgIpc) is 2.79. The summed E-state index contributed by atoms with van der Waals surface area (Å²) in [6.45, 7) is 2.85. The molecule has 1 aliphatic rings. The Morgan fingerprint density at radius 3 is 3.18 bits per heavy atom. The van der Waals surface area contributed by atoms with Crippen LogP contribution in [0.15, 0.2) is 6.07 Å². The van der Waals surface area contributed by atoms with Gasteiger partial charge in [-0.25, -0.2) is 0 Å². The average molecular weight is 334 g/mol. The Hall–Kier alpha value is -0.000000000000000111. The minimum absolute atomic E-state index is 0.0854. The van der Waals surface area contributed by atoms with Gasteiger partial charge in [-0.05, 0) is 29.7 Å². The Morgan fingerprint density at radius 2 is 2.47 bits per heavy atom. The van der Waals surface area contributed by atoms with Crippen molar-refractivity contribution in [1.82, 2.24) is 5.32 Å². The standard InChI is InChI=1S/C12H16BrNOS2/c1-8(5-13)6-14-12(15)11-4-9-7-16-3-2-10(9)17-11/h4,8H,2-3,5-7H2,1H3,(H,14,15). The summed E-state index contributed by atoms with van der Waals surface area (Å²) in [5.41, 5.74) is 1.37. The van der Waals surface area contributed by atoms with Crippen LogP contribution >= 0.6 is 39.0 Å². The van der Waals surface area contributed by atoms with E-state index in [1.165, 1.54) is 16.2 Å². The van der Waals surface area contributed by atoms with Crippen LogP contribution in [-0.4, -0.2) is 23.5 Å². The molecule has 1 N–H and O–H groups in total. The van der Waals surface area contributed by atoms with Gasteiger partial charge >= 0.3 is 0 Å². The monoisotopic (exact) mass is 333 g/mol. The number of halogens is 1. The molecule has 0 spiro atoms. The fourth-order valence-electron chi connectivity index (χ4n) is 1.67. The van der Waals surface area contributed by atoms with Crippen molar-refractivity contribution in [2.45, 2.75) is 19.1 Å². The van der Waals surface area contributed by atoms with E-state index in [2.05, 4.69) is 34.2 Å². The third-order valence-electron chi connectivity index (χ3n) is 2.73. The highest BCUT2D eigenvalue weighted by atomic mass is 79.9. The molecular weight excluding hydrogens is 318 g/mol. The van der Waals surface area contributed by atoms with E-state index in [4.69, 9.17) is 0 Å². The zero-order chi connectivity index (χ0) is 12.3. The van der Waals surface area contributed by atoms with Gasteiger partial charge in [-0.15, -0.1) is 11.3 Å². The lowest BCUT2D eigenvalue weighted by Gasteiger charge is -2.08. The minimum atomic E-state index is 0.0854. The first kappa shape index (κ1) is 13.4. The lowest BCUT2D eigenvalue weighted by atomic mass is 10.2. The lowest BCUT2D eigenvalue weighted by Crippen LogP contribution is -2.28. The summed E-state index contributed by atoms with van der Waals surface area (Å²) in [6.07, 6.45) is 1.12. The summed E-state index contributed by atoms with van der Waals surface area (Å²) in [6, 6.07) is 2.07. The highest BCUT2D eigenvalue weighted by Crippen LogP contribution is 2.31. The van der Waals surface area contributed by atoms with Gasteiger partial charge < -0.3 is 5.32 Å². The van der Waals surface area contributed by atoms with E-state index in [0.29, 0.717) is 5.92 Å². The molecule has 1 aromatic heterocycles. The van der Waals surface area contributed by atoms with Gasteiger partial charge in [0, 0.05) is 22.5 Å². The molecule has 1 aliphatic heterocycles. The van der Waals surface area contributed by atoms with Crippen LogP contribution in [0.4, 0.5) is 0 Å². The van der Waals surface area contributed by atoms with Crippen LogP contribution in [0, 0.1) is 5.92 Å². The van der Waals surface area contributed by atoms with Crippen molar-refractivity contribution in [1.29, 1.82) is 0 Å². The van der Waals surface area contributed by atoms with Gasteiger partial charge in [0.15, 0.2) is 0 Å². The van der Waals surface area contributed by atoms with Crippen molar-refractivity contribution in [3.63, 3.8) is 0 Å². The fourth-order valence-corrected chi connectivity index (χ4v) is 4.19. The number of rotatable bonds is 4. The summed E-state index contributed by atoms with van der Waals surface area (Å²) in [5.74, 6) is 2.82. The molecule has 0 bridgehead atoms. The van der Waals surface area contributed by atoms with Crippen molar-refractivity contribution in [2.75, 3.05) is 17.6 Å². The molecule has 1 aromatic rings. The van der Waals surface area contributed by atoms with Gasteiger partial charge in [-0.3, -0.25) is 4.79 Å². The van der Waals surface area contributed by atoms with Gasteiger partial charge in [-0.2, -0.15) is 11.8 Å². The van der Waals surface area contributed by atoms with Crippen molar-refractivity contribution in [2.24, 2.45) is 5.92 Å². The van der Waals surface area contributed by atoms with E-state index in [1.54, 1.807) is 11.3 Å². The molecule has 0 aliphatic carbocycles. The molecule has 1 unspecified atom stereocenters. The summed E-state index contributed by atoms with van der Waals surface area (Å²) in [7, 11) is 0. The first-order valence-corrected chi connectivity index (χ1v) is 8.83. The van der Waals surface area contributed by atoms with Crippen LogP contribution in [0.2, 0.25) is 0 Å². The number of nitrogens with one attached hydrogen (secondary N) is 1. The minimum Gasteiger partial charge on any atom is -0.351 e. The maximum atomic E-state index is 12.0. The number of carbonyl (C=O) groups is 1. The molecule has 1 atom stereocenters. The van der Waals surface area contributed by atoms with Crippen LogP contribution in [0.1, 0.15) is 27.0 Å². The van der Waals surface area contributed by atoms with Gasteiger partial charge in [0.05, 0.1) is 4.88 Å². The summed E-state index contributed by atoms with van der Waals surface area (Å²) >= 11 is 7.03. The molecule has 0 aromatic carbocycles. The van der Waals surface area contributed by atoms with E-state index in [0.717, 1.165) is 28.9 Å². The zero-order valence-electron chi connectivity index (χ0n) is 9.79. The Kier molecular flexibility index (Phi) is 4.94. The Labute approximate surface area is 119 Å². The van der Waals surface area contributed by atoms with E-state index < -0.39 is 0 Å². The van der Waals surface area contributed by atoms with Crippen LogP contribution in [-0.2, 0) is 12.2 Å². The second-order valence-electron chi connectivity index (χ2n) is 4.33. The number of amides is 1. The number of thioether (sulfide) groups is 1. The highest BCUT2D eigenvalue weighted by molar-refractivity contribution is 9.09. The van der Waals surface area contributed by atoms with E-state index in [-0.39, 0.29) is 5.91 Å². The Balaban J connectivity index is 1.97. The third kappa shape index (κ3) is 3.48. The third-order valence-corrected chi connectivity index (χ3v) is 6.08. The maximum Gasteiger partial charge on any atom is 0.261 e. The van der Waals surface area contributed by atoms with E-state index in [9.17, 15) is 4.79 Å². The van der Waals surface area contributed by atoms with Gasteiger partial charge in [0.2, 0.25) is 0 Å². The summed E-state index contributed by atoms with van der Waals surface area (Å²) < 4.78 is 0. The molecule has 94 valence electrons. The second-order valence-corrected chi connectivity index (χ2v) is 7.22. The van der Waals surface area contributed by atoms with Crippen LogP contribution in [0.25, 0.3) is 0 Å². The number of fused-ring (bicyclic) bond motifs is 1. The smallest absolute Gasteiger partial charge is 0.261 e. The van der Waals surface area contributed by atoms with E-state index in [1.807, 2.05) is 11.8 Å². The summed E-state index contributed by atoms with van der Waals surface area (Å²) in [5, 5.41) is 3.91. The predicted octanol–water partition coefficient (Wildman–Crippen LogP) is 3.30. The normalized spacial score (nSPS) is 16.4. The number of hydrogen-bond acceptors (Lipinski definition) is 3. The first-order valence-electron chi connectivity index (χ1n) is 5.74. The van der Waals surface area contributed by atoms with Crippen LogP contribution < -0.4 is 5.32 Å². The topological polar surface area (TPSA) is 29.1 Å². The second kappa shape index (κ2) is 6.25. The number of hydrogen-bond donors (Lipinski definition) is 1. The zero-order valence-corrected chi connectivity index (χ0v) is 13.0. The number of aryl methyl sites for hydroxylation is 1. The number of thiophene rings is 1. The lowest BCUT2D eigenvalue weighted by molar-refractivity contribution is 0.0953. The first-order chi connectivity index (χ1) is 8.20. The van der Waals surface area contributed by atoms with Gasteiger partial charge in [-0.1, -0.05) is 22.9 Å². The summed E-state index contributed by atoms with van der Waals surface area (Å²) in [4.78, 5) is 14.2. The molecular formula is C12H16BrNOS2. The fraction of sp³-hybridized carbons (Fsp3) is 0.583. The predicted molar refractivity (Wildman–Crippen MR) is 79.5 cm³/mol. The van der Waals surface area contributed by atoms with Gasteiger partial charge in [0.25, 0.3) is 5.91 Å². The van der Waals surface area contributed by atoms with Crippen molar-refractivity contribution < 1.29 is 4.79 Å². The largest absolute Gasteiger partial charge is 0.351 e. The molecule has 5 heteroatoms. The molecule has 0 saturated carbocycles. The molecule has 2 nitrogen and oxygen atoms in total. The van der Waals surface area contributed by atoms with Gasteiger partial charge in [0.1, 0.15) is 0 Å². The van der Waals surface area contributed by atoms with Crippen molar-refractivity contribution in [3.05, 3.63) is 21.4 Å². The van der Waals surface area contributed by atoms with Crippen molar-refractivity contribution in [3.8, 4) is 0 Å². The molecule has 17 heavy (non-hydrogen) atoms. The van der Waals surface area contributed by atoms with Crippen LogP contribution in [0.5, 0.6) is 0 Å². The van der Waals surface area contributed by atoms with Crippen molar-refractivity contribution >= 4 is 44.9 Å². The highest BCUT2D eigenvalue weighted by Gasteiger charge is 2.17. The number of carbonyl (C=O) groups excluding carboxylic acids is 1. The molecule has 1 amide bonds. The molecule has 0 saturated heterocycles. The molecule has 0 fully saturated rings. The SMILES string of the molecule is CC(CBr)CNC(=O)c1cc2c(s1)CCSC2. The quantitative estimate of drug-likeness (QED) is 0.856. The molecule has 0 radical (unpaired) electrons. The Bertz CT molecular complexity index is 382. The van der Waals surface area contributed by atoms with Crippen LogP contribution in [0.3, 0.4) is 0 Å². The molecule has 2 heterocycles. The maximum absolute atomic E-state index is 12.0. The van der Waals surface area contributed by atoms with E-state index >= 15 is 0 Å². The number of alkyl halides is 1.